The molecule has 1 saturated heterocycles. The monoisotopic (exact) mass is 287 g/mol. The van der Waals surface area contributed by atoms with Gasteiger partial charge in [-0.15, -0.1) is 0 Å². The topological polar surface area (TPSA) is 53.2 Å². The van der Waals surface area contributed by atoms with E-state index in [1.54, 1.807) is 0 Å². The molecule has 4 nitrogen and oxygen atoms in total. The molecule has 1 unspecified atom stereocenters. The Morgan fingerprint density at radius 3 is 2.85 bits per heavy atom. The second-order valence-electron chi connectivity index (χ2n) is 4.71. The van der Waals surface area contributed by atoms with Gasteiger partial charge >= 0.3 is 12.2 Å². The van der Waals surface area contributed by atoms with Crippen LogP contribution in [0.1, 0.15) is 18.4 Å². The van der Waals surface area contributed by atoms with E-state index in [0.29, 0.717) is 6.54 Å². The smallest absolute Gasteiger partial charge is 0.336 e. The van der Waals surface area contributed by atoms with E-state index < -0.39 is 17.8 Å². The number of halogens is 3. The maximum atomic E-state index is 12.5. The van der Waals surface area contributed by atoms with Crippen molar-refractivity contribution in [2.45, 2.75) is 25.1 Å². The molecule has 110 valence electrons. The molecule has 0 bridgehead atoms. The Kier molecular flexibility index (Phi) is 4.49. The number of nitrogens with one attached hydrogen (secondary N) is 3. The van der Waals surface area contributed by atoms with Gasteiger partial charge in [-0.2, -0.15) is 13.2 Å². The predicted molar refractivity (Wildman–Crippen MR) is 69.5 cm³/mol. The fourth-order valence-electron chi connectivity index (χ4n) is 2.10. The third-order valence-corrected chi connectivity index (χ3v) is 3.12. The zero-order chi connectivity index (χ0) is 14.6. The fourth-order valence-corrected chi connectivity index (χ4v) is 2.10. The molecule has 2 rings (SSSR count). The van der Waals surface area contributed by atoms with Gasteiger partial charge in [0.2, 0.25) is 0 Å². The van der Waals surface area contributed by atoms with Gasteiger partial charge in [0.25, 0.3) is 0 Å². The molecule has 1 heterocycles. The van der Waals surface area contributed by atoms with Crippen molar-refractivity contribution >= 4 is 11.7 Å². The minimum absolute atomic E-state index is 0.122. The van der Waals surface area contributed by atoms with Gasteiger partial charge in [0.1, 0.15) is 0 Å². The lowest BCUT2D eigenvalue weighted by molar-refractivity contribution is -0.137. The zero-order valence-corrected chi connectivity index (χ0v) is 10.8. The summed E-state index contributed by atoms with van der Waals surface area (Å²) < 4.78 is 37.6. The Morgan fingerprint density at radius 2 is 2.20 bits per heavy atom. The summed E-state index contributed by atoms with van der Waals surface area (Å²) in [6, 6.07) is 4.29. The van der Waals surface area contributed by atoms with E-state index in [2.05, 4.69) is 16.0 Å². The van der Waals surface area contributed by atoms with Gasteiger partial charge in [-0.1, -0.05) is 6.07 Å². The Balaban J connectivity index is 1.87. The van der Waals surface area contributed by atoms with Crippen LogP contribution in [0.15, 0.2) is 24.3 Å². The Hall–Kier alpha value is -1.76. The van der Waals surface area contributed by atoms with Crippen LogP contribution in [0, 0.1) is 0 Å². The molecular formula is C13H16F3N3O. The summed E-state index contributed by atoms with van der Waals surface area (Å²) in [6.07, 6.45) is -2.35. The predicted octanol–water partition coefficient (Wildman–Crippen LogP) is 2.58. The quantitative estimate of drug-likeness (QED) is 0.800. The lowest BCUT2D eigenvalue weighted by Gasteiger charge is -2.13. The van der Waals surface area contributed by atoms with Gasteiger partial charge < -0.3 is 16.0 Å². The third kappa shape index (κ3) is 4.12. The molecule has 0 aromatic heterocycles. The van der Waals surface area contributed by atoms with Gasteiger partial charge in [-0.05, 0) is 37.6 Å². The lowest BCUT2D eigenvalue weighted by atomic mass is 10.2. The van der Waals surface area contributed by atoms with E-state index in [1.165, 1.54) is 12.1 Å². The summed E-state index contributed by atoms with van der Waals surface area (Å²) in [6.45, 7) is 1.40. The number of anilines is 1. The zero-order valence-electron chi connectivity index (χ0n) is 10.8. The highest BCUT2D eigenvalue weighted by Gasteiger charge is 2.30. The summed E-state index contributed by atoms with van der Waals surface area (Å²) in [5, 5.41) is 8.25. The first-order chi connectivity index (χ1) is 9.45. The van der Waals surface area contributed by atoms with Crippen molar-refractivity contribution in [1.82, 2.24) is 10.6 Å². The first kappa shape index (κ1) is 14.6. The lowest BCUT2D eigenvalue weighted by Crippen LogP contribution is -2.39. The molecular weight excluding hydrogens is 271 g/mol. The van der Waals surface area contributed by atoms with Crippen molar-refractivity contribution in [2.24, 2.45) is 0 Å². The van der Waals surface area contributed by atoms with E-state index in [4.69, 9.17) is 0 Å². The number of rotatable bonds is 3. The van der Waals surface area contributed by atoms with Gasteiger partial charge in [-0.3, -0.25) is 0 Å². The standard InChI is InChI=1S/C13H16F3N3O/c14-13(15,16)9-3-1-4-10(7-9)19-12(20)18-8-11-5-2-6-17-11/h1,3-4,7,11,17H,2,5-6,8H2,(H2,18,19,20). The highest BCUT2D eigenvalue weighted by Crippen LogP contribution is 2.30. The Morgan fingerprint density at radius 1 is 1.40 bits per heavy atom. The van der Waals surface area contributed by atoms with Crippen LogP contribution < -0.4 is 16.0 Å². The normalized spacial score (nSPS) is 18.9. The number of hydrogen-bond donors (Lipinski definition) is 3. The second kappa shape index (κ2) is 6.13. The molecule has 1 aromatic carbocycles. The molecule has 1 aliphatic heterocycles. The van der Waals surface area contributed by atoms with E-state index in [-0.39, 0.29) is 11.7 Å². The summed E-state index contributed by atoms with van der Waals surface area (Å²) in [4.78, 5) is 11.6. The van der Waals surface area contributed by atoms with Crippen molar-refractivity contribution in [3.8, 4) is 0 Å². The first-order valence-electron chi connectivity index (χ1n) is 6.40. The summed E-state index contributed by atoms with van der Waals surface area (Å²) in [5.74, 6) is 0. The molecule has 1 aromatic rings. The number of alkyl halides is 3. The van der Waals surface area contributed by atoms with Crippen LogP contribution in [0.3, 0.4) is 0 Å². The van der Waals surface area contributed by atoms with Gasteiger partial charge in [0.15, 0.2) is 0 Å². The number of hydrogen-bond acceptors (Lipinski definition) is 2. The van der Waals surface area contributed by atoms with Crippen LogP contribution >= 0.6 is 0 Å². The molecule has 0 radical (unpaired) electrons. The van der Waals surface area contributed by atoms with Crippen molar-refractivity contribution in [2.75, 3.05) is 18.4 Å². The number of urea groups is 1. The number of amides is 2. The second-order valence-corrected chi connectivity index (χ2v) is 4.71. The maximum absolute atomic E-state index is 12.5. The highest BCUT2D eigenvalue weighted by atomic mass is 19.4. The molecule has 20 heavy (non-hydrogen) atoms. The van der Waals surface area contributed by atoms with E-state index in [9.17, 15) is 18.0 Å². The first-order valence-corrected chi connectivity index (χ1v) is 6.40. The molecule has 1 atom stereocenters. The van der Waals surface area contributed by atoms with Crippen LogP contribution in [-0.2, 0) is 6.18 Å². The van der Waals surface area contributed by atoms with E-state index >= 15 is 0 Å². The van der Waals surface area contributed by atoms with Crippen LogP contribution in [0.2, 0.25) is 0 Å². The molecule has 3 N–H and O–H groups in total. The van der Waals surface area contributed by atoms with Crippen molar-refractivity contribution in [1.29, 1.82) is 0 Å². The molecule has 2 amide bonds. The Labute approximate surface area is 114 Å². The number of benzene rings is 1. The molecule has 1 aliphatic rings. The average Bonchev–Trinajstić information content (AvgIpc) is 2.89. The van der Waals surface area contributed by atoms with Crippen LogP contribution in [0.5, 0.6) is 0 Å². The third-order valence-electron chi connectivity index (χ3n) is 3.12. The van der Waals surface area contributed by atoms with Gasteiger partial charge in [0, 0.05) is 18.3 Å². The van der Waals surface area contributed by atoms with Gasteiger partial charge in [0.05, 0.1) is 5.56 Å². The average molecular weight is 287 g/mol. The van der Waals surface area contributed by atoms with Crippen molar-refractivity contribution in [3.63, 3.8) is 0 Å². The van der Waals surface area contributed by atoms with Gasteiger partial charge in [-0.25, -0.2) is 4.79 Å². The largest absolute Gasteiger partial charge is 0.416 e. The van der Waals surface area contributed by atoms with Crippen LogP contribution in [0.4, 0.5) is 23.7 Å². The minimum atomic E-state index is -4.41. The minimum Gasteiger partial charge on any atom is -0.336 e. The molecule has 0 aliphatic carbocycles. The van der Waals surface area contributed by atoms with E-state index in [0.717, 1.165) is 31.5 Å². The fraction of sp³-hybridized carbons (Fsp3) is 0.462. The highest BCUT2D eigenvalue weighted by molar-refractivity contribution is 5.89. The summed E-state index contributed by atoms with van der Waals surface area (Å²) >= 11 is 0. The Bertz CT molecular complexity index is 470. The van der Waals surface area contributed by atoms with E-state index in [1.807, 2.05) is 0 Å². The molecule has 7 heteroatoms. The van der Waals surface area contributed by atoms with Crippen LogP contribution in [-0.4, -0.2) is 25.2 Å². The number of carbonyl (C=O) groups is 1. The summed E-state index contributed by atoms with van der Waals surface area (Å²) in [7, 11) is 0. The van der Waals surface area contributed by atoms with Crippen molar-refractivity contribution in [3.05, 3.63) is 29.8 Å². The number of carbonyl (C=O) groups excluding carboxylic acids is 1. The molecule has 0 spiro atoms. The molecule has 0 saturated carbocycles. The maximum Gasteiger partial charge on any atom is 0.416 e. The molecule has 1 fully saturated rings. The summed E-state index contributed by atoms with van der Waals surface area (Å²) in [5.41, 5.74) is -0.663. The SMILES string of the molecule is O=C(NCC1CCCN1)Nc1cccc(C(F)(F)F)c1. The van der Waals surface area contributed by atoms with Crippen LogP contribution in [0.25, 0.3) is 0 Å². The van der Waals surface area contributed by atoms with Crippen molar-refractivity contribution < 1.29 is 18.0 Å².